The van der Waals surface area contributed by atoms with Crippen molar-refractivity contribution in [1.82, 2.24) is 30.2 Å². The van der Waals surface area contributed by atoms with Crippen LogP contribution in [0.25, 0.3) is 5.95 Å². The van der Waals surface area contributed by atoms with E-state index in [9.17, 15) is 4.79 Å². The van der Waals surface area contributed by atoms with Crippen molar-refractivity contribution in [2.75, 3.05) is 13.7 Å². The third kappa shape index (κ3) is 4.83. The van der Waals surface area contributed by atoms with Crippen LogP contribution in [0.15, 0.2) is 55.2 Å². The zero-order valence-corrected chi connectivity index (χ0v) is 17.0. The van der Waals surface area contributed by atoms with Gasteiger partial charge in [0.25, 0.3) is 0 Å². The molecule has 156 valence electrons. The van der Waals surface area contributed by atoms with E-state index in [-0.39, 0.29) is 18.0 Å². The van der Waals surface area contributed by atoms with Crippen molar-refractivity contribution < 1.29 is 9.53 Å². The van der Waals surface area contributed by atoms with Crippen molar-refractivity contribution >= 4 is 5.91 Å². The first-order valence-electron chi connectivity index (χ1n) is 10.2. The first-order chi connectivity index (χ1) is 14.7. The Morgan fingerprint density at radius 2 is 2.13 bits per heavy atom. The van der Waals surface area contributed by atoms with Crippen LogP contribution in [0.2, 0.25) is 0 Å². The third-order valence-corrected chi connectivity index (χ3v) is 5.31. The maximum absolute atomic E-state index is 12.9. The maximum Gasteiger partial charge on any atom is 0.235 e. The second kappa shape index (κ2) is 9.49. The fourth-order valence-corrected chi connectivity index (χ4v) is 3.73. The lowest BCUT2D eigenvalue weighted by Crippen LogP contribution is -2.46. The zero-order valence-electron chi connectivity index (χ0n) is 17.0. The highest BCUT2D eigenvalue weighted by atomic mass is 16.5. The van der Waals surface area contributed by atoms with Crippen LogP contribution in [0, 0.1) is 0 Å². The molecule has 1 aliphatic heterocycles. The van der Waals surface area contributed by atoms with Crippen LogP contribution < -0.4 is 15.4 Å². The van der Waals surface area contributed by atoms with E-state index in [0.717, 1.165) is 42.8 Å². The quantitative estimate of drug-likeness (QED) is 0.625. The summed E-state index contributed by atoms with van der Waals surface area (Å²) >= 11 is 0. The largest absolute Gasteiger partial charge is 0.497 e. The van der Waals surface area contributed by atoms with Gasteiger partial charge in [-0.1, -0.05) is 18.6 Å². The highest BCUT2D eigenvalue weighted by Crippen LogP contribution is 2.23. The minimum Gasteiger partial charge on any atom is -0.497 e. The maximum atomic E-state index is 12.9. The molecule has 1 aliphatic rings. The van der Waals surface area contributed by atoms with Gasteiger partial charge in [0.2, 0.25) is 11.9 Å². The first-order valence-corrected chi connectivity index (χ1v) is 10.2. The Bertz CT molecular complexity index is 952. The van der Waals surface area contributed by atoms with Crippen LogP contribution in [-0.2, 0) is 11.2 Å². The standard InChI is InChI=1S/C22H26N6O2/c1-30-17-7-5-16(6-8-17)14-20(29)27-21(18-4-2-3-10-24-18)19-9-11-25-22(26-19)28-13-12-23-15-28/h5-9,11-13,15,18,21,24H,2-4,10,14H2,1H3,(H,27,29). The molecule has 1 fully saturated rings. The first kappa shape index (κ1) is 20.0. The van der Waals surface area contributed by atoms with E-state index >= 15 is 0 Å². The Labute approximate surface area is 175 Å². The minimum absolute atomic E-state index is 0.0414. The van der Waals surface area contributed by atoms with E-state index in [1.54, 1.807) is 36.6 Å². The number of ether oxygens (including phenoxy) is 1. The number of carbonyl (C=O) groups is 1. The van der Waals surface area contributed by atoms with Crippen molar-refractivity contribution in [2.45, 2.75) is 37.8 Å². The molecule has 1 aromatic carbocycles. The molecule has 0 aliphatic carbocycles. The minimum atomic E-state index is -0.235. The molecule has 0 bridgehead atoms. The summed E-state index contributed by atoms with van der Waals surface area (Å²) in [5, 5.41) is 6.75. The highest BCUT2D eigenvalue weighted by Gasteiger charge is 2.28. The highest BCUT2D eigenvalue weighted by molar-refractivity contribution is 5.79. The molecule has 3 heterocycles. The summed E-state index contributed by atoms with van der Waals surface area (Å²) in [6.45, 7) is 0.939. The molecule has 4 rings (SSSR count). The van der Waals surface area contributed by atoms with Gasteiger partial charge in [-0.15, -0.1) is 0 Å². The lowest BCUT2D eigenvalue weighted by Gasteiger charge is -2.31. The third-order valence-electron chi connectivity index (χ3n) is 5.31. The second-order valence-corrected chi connectivity index (χ2v) is 7.38. The number of piperidine rings is 1. The van der Waals surface area contributed by atoms with Crippen molar-refractivity contribution in [1.29, 1.82) is 0 Å². The molecule has 2 atom stereocenters. The summed E-state index contributed by atoms with van der Waals surface area (Å²) in [4.78, 5) is 26.0. The van der Waals surface area contributed by atoms with E-state index in [0.29, 0.717) is 12.4 Å². The average Bonchev–Trinajstić information content (AvgIpc) is 3.34. The molecule has 2 unspecified atom stereocenters. The van der Waals surface area contributed by atoms with Crippen molar-refractivity contribution in [3.8, 4) is 11.7 Å². The Morgan fingerprint density at radius 1 is 1.27 bits per heavy atom. The zero-order chi connectivity index (χ0) is 20.8. The molecule has 1 saturated heterocycles. The lowest BCUT2D eigenvalue weighted by atomic mass is 9.95. The van der Waals surface area contributed by atoms with Gasteiger partial charge in [-0.3, -0.25) is 9.36 Å². The van der Waals surface area contributed by atoms with Gasteiger partial charge in [0.15, 0.2) is 0 Å². The van der Waals surface area contributed by atoms with Crippen LogP contribution in [-0.4, -0.2) is 45.1 Å². The Balaban J connectivity index is 1.54. The van der Waals surface area contributed by atoms with Crippen molar-refractivity contribution in [3.05, 3.63) is 66.5 Å². The predicted molar refractivity (Wildman–Crippen MR) is 112 cm³/mol. The Morgan fingerprint density at radius 3 is 2.83 bits per heavy atom. The Kier molecular flexibility index (Phi) is 6.34. The van der Waals surface area contributed by atoms with Gasteiger partial charge in [-0.05, 0) is 43.1 Å². The average molecular weight is 406 g/mol. The topological polar surface area (TPSA) is 94.0 Å². The van der Waals surface area contributed by atoms with Gasteiger partial charge in [-0.2, -0.15) is 0 Å². The molecule has 0 saturated carbocycles. The molecule has 0 radical (unpaired) electrons. The number of benzene rings is 1. The van der Waals surface area contributed by atoms with Crippen LogP contribution in [0.4, 0.5) is 0 Å². The van der Waals surface area contributed by atoms with E-state index in [4.69, 9.17) is 9.72 Å². The predicted octanol–water partition coefficient (Wildman–Crippen LogP) is 2.21. The van der Waals surface area contributed by atoms with E-state index in [1.807, 2.05) is 30.3 Å². The van der Waals surface area contributed by atoms with E-state index in [2.05, 4.69) is 20.6 Å². The normalized spacial score (nSPS) is 17.3. The van der Waals surface area contributed by atoms with Gasteiger partial charge in [0.1, 0.15) is 12.1 Å². The van der Waals surface area contributed by atoms with Gasteiger partial charge in [0.05, 0.1) is 25.3 Å². The van der Waals surface area contributed by atoms with Crippen LogP contribution in [0.1, 0.15) is 36.6 Å². The van der Waals surface area contributed by atoms with E-state index in [1.165, 1.54) is 0 Å². The molecule has 2 N–H and O–H groups in total. The molecule has 2 aromatic heterocycles. The van der Waals surface area contributed by atoms with Crippen LogP contribution in [0.5, 0.6) is 5.75 Å². The fourth-order valence-electron chi connectivity index (χ4n) is 3.73. The van der Waals surface area contributed by atoms with Gasteiger partial charge >= 0.3 is 0 Å². The van der Waals surface area contributed by atoms with Gasteiger partial charge in [0, 0.05) is 24.6 Å². The number of aromatic nitrogens is 4. The van der Waals surface area contributed by atoms with Crippen LogP contribution >= 0.6 is 0 Å². The summed E-state index contributed by atoms with van der Waals surface area (Å²) < 4.78 is 6.95. The second-order valence-electron chi connectivity index (χ2n) is 7.38. The van der Waals surface area contributed by atoms with Crippen LogP contribution in [0.3, 0.4) is 0 Å². The summed E-state index contributed by atoms with van der Waals surface area (Å²) in [5.74, 6) is 1.27. The molecular formula is C22H26N6O2. The molecule has 1 amide bonds. The molecule has 0 spiro atoms. The number of rotatable bonds is 7. The molecule has 3 aromatic rings. The van der Waals surface area contributed by atoms with Gasteiger partial charge in [-0.25, -0.2) is 15.0 Å². The molecule has 30 heavy (non-hydrogen) atoms. The van der Waals surface area contributed by atoms with Crippen molar-refractivity contribution in [3.63, 3.8) is 0 Å². The molecule has 8 nitrogen and oxygen atoms in total. The molecule has 8 heteroatoms. The van der Waals surface area contributed by atoms with Crippen molar-refractivity contribution in [2.24, 2.45) is 0 Å². The smallest absolute Gasteiger partial charge is 0.235 e. The number of carbonyl (C=O) groups excluding carboxylic acids is 1. The lowest BCUT2D eigenvalue weighted by molar-refractivity contribution is -0.121. The summed E-state index contributed by atoms with van der Waals surface area (Å²) in [6.07, 6.45) is 10.4. The SMILES string of the molecule is COc1ccc(CC(=O)NC(c2ccnc(-n3ccnc3)n2)C2CCCCN2)cc1. The van der Waals surface area contributed by atoms with Gasteiger partial charge < -0.3 is 15.4 Å². The van der Waals surface area contributed by atoms with E-state index < -0.39 is 0 Å². The number of hydrogen-bond donors (Lipinski definition) is 2. The number of nitrogens with one attached hydrogen (secondary N) is 2. The molecular weight excluding hydrogens is 380 g/mol. The summed E-state index contributed by atoms with van der Waals surface area (Å²) in [5.41, 5.74) is 1.72. The summed E-state index contributed by atoms with van der Waals surface area (Å²) in [6, 6.07) is 9.32. The summed E-state index contributed by atoms with van der Waals surface area (Å²) in [7, 11) is 1.63. The number of methoxy groups -OCH3 is 1. The fraction of sp³-hybridized carbons (Fsp3) is 0.364. The number of amides is 1. The Hall–Kier alpha value is -3.26. The monoisotopic (exact) mass is 406 g/mol. The number of nitrogens with zero attached hydrogens (tertiary/aromatic N) is 4. The number of hydrogen-bond acceptors (Lipinski definition) is 6. The number of imidazole rings is 1.